The minimum Gasteiger partial charge on any atom is -0.469 e. The van der Waals surface area contributed by atoms with Crippen molar-refractivity contribution in [1.82, 2.24) is 0 Å². The van der Waals surface area contributed by atoms with Gasteiger partial charge in [0.15, 0.2) is 0 Å². The minimum atomic E-state index is -4.46. The van der Waals surface area contributed by atoms with E-state index in [0.29, 0.717) is 12.8 Å². The van der Waals surface area contributed by atoms with Crippen molar-refractivity contribution < 1.29 is 22.7 Å². The first-order valence-corrected chi connectivity index (χ1v) is 4.73. The third-order valence-corrected chi connectivity index (χ3v) is 2.89. The van der Waals surface area contributed by atoms with Crippen molar-refractivity contribution in [3.8, 4) is 0 Å². The zero-order chi connectivity index (χ0) is 11.7. The zero-order valence-electron chi connectivity index (χ0n) is 8.43. The monoisotopic (exact) mass is 225 g/mol. The maximum Gasteiger partial charge on any atom is 0.406 e. The van der Waals surface area contributed by atoms with Crippen LogP contribution in [-0.4, -0.2) is 24.8 Å². The van der Waals surface area contributed by atoms with E-state index in [0.717, 1.165) is 0 Å². The molecule has 1 aliphatic carbocycles. The van der Waals surface area contributed by atoms with Gasteiger partial charge in [0.05, 0.1) is 13.0 Å². The number of methoxy groups -OCH3 is 1. The number of alkyl halides is 3. The van der Waals surface area contributed by atoms with Crippen LogP contribution in [0.25, 0.3) is 0 Å². The molecule has 0 spiro atoms. The summed E-state index contributed by atoms with van der Waals surface area (Å²) in [6.07, 6.45) is -4.23. The molecule has 1 aliphatic rings. The van der Waals surface area contributed by atoms with Gasteiger partial charge < -0.3 is 10.5 Å². The molecule has 2 unspecified atom stereocenters. The third-order valence-electron chi connectivity index (χ3n) is 2.89. The molecule has 2 N–H and O–H groups in total. The van der Waals surface area contributed by atoms with Gasteiger partial charge in [0.25, 0.3) is 0 Å². The van der Waals surface area contributed by atoms with Gasteiger partial charge in [-0.05, 0) is 19.3 Å². The van der Waals surface area contributed by atoms with Crippen LogP contribution in [-0.2, 0) is 9.53 Å². The standard InChI is InChI=1S/C9H14F3NO2/c1-15-7(14)6-3-2-4-8(13,5-6)9(10,11)12/h6H,2-5,13H2,1H3. The Morgan fingerprint density at radius 3 is 2.60 bits per heavy atom. The number of ether oxygens (including phenoxy) is 1. The van der Waals surface area contributed by atoms with Crippen LogP contribution < -0.4 is 5.73 Å². The molecule has 0 radical (unpaired) electrons. The molecular formula is C9H14F3NO2. The Morgan fingerprint density at radius 2 is 2.13 bits per heavy atom. The summed E-state index contributed by atoms with van der Waals surface area (Å²) in [5.41, 5.74) is 3.05. The number of nitrogens with two attached hydrogens (primary N) is 1. The van der Waals surface area contributed by atoms with Gasteiger partial charge in [-0.15, -0.1) is 0 Å². The van der Waals surface area contributed by atoms with Crippen LogP contribution in [0.15, 0.2) is 0 Å². The van der Waals surface area contributed by atoms with Crippen LogP contribution >= 0.6 is 0 Å². The molecule has 0 aromatic carbocycles. The van der Waals surface area contributed by atoms with Crippen molar-refractivity contribution in [2.24, 2.45) is 11.7 Å². The molecule has 0 heterocycles. The highest BCUT2D eigenvalue weighted by molar-refractivity contribution is 5.72. The summed E-state index contributed by atoms with van der Waals surface area (Å²) >= 11 is 0. The van der Waals surface area contributed by atoms with Crippen LogP contribution in [0.2, 0.25) is 0 Å². The molecule has 0 saturated heterocycles. The second kappa shape index (κ2) is 4.00. The fourth-order valence-electron chi connectivity index (χ4n) is 1.93. The van der Waals surface area contributed by atoms with E-state index in [1.165, 1.54) is 7.11 Å². The van der Waals surface area contributed by atoms with Crippen molar-refractivity contribution in [1.29, 1.82) is 0 Å². The first-order valence-electron chi connectivity index (χ1n) is 4.73. The Morgan fingerprint density at radius 1 is 1.53 bits per heavy atom. The zero-order valence-corrected chi connectivity index (χ0v) is 8.43. The van der Waals surface area contributed by atoms with Crippen molar-refractivity contribution in [2.45, 2.75) is 37.4 Å². The first kappa shape index (κ1) is 12.3. The lowest BCUT2D eigenvalue weighted by molar-refractivity contribution is -0.200. The topological polar surface area (TPSA) is 52.3 Å². The van der Waals surface area contributed by atoms with E-state index in [9.17, 15) is 18.0 Å². The summed E-state index contributed by atoms with van der Waals surface area (Å²) in [5.74, 6) is -1.33. The van der Waals surface area contributed by atoms with E-state index < -0.39 is 23.6 Å². The van der Waals surface area contributed by atoms with E-state index in [1.54, 1.807) is 0 Å². The smallest absolute Gasteiger partial charge is 0.406 e. The summed E-state index contributed by atoms with van der Waals surface area (Å²) in [4.78, 5) is 11.1. The number of hydrogen-bond donors (Lipinski definition) is 1. The van der Waals surface area contributed by atoms with E-state index >= 15 is 0 Å². The molecule has 0 aromatic rings. The van der Waals surface area contributed by atoms with Crippen LogP contribution in [0.1, 0.15) is 25.7 Å². The summed E-state index contributed by atoms with van der Waals surface area (Å²) in [6.45, 7) is 0. The minimum absolute atomic E-state index is 0.121. The molecule has 6 heteroatoms. The number of esters is 1. The van der Waals surface area contributed by atoms with Gasteiger partial charge in [0, 0.05) is 0 Å². The number of halogens is 3. The molecule has 1 saturated carbocycles. The third kappa shape index (κ3) is 2.42. The number of carbonyl (C=O) groups is 1. The molecule has 3 nitrogen and oxygen atoms in total. The highest BCUT2D eigenvalue weighted by Gasteiger charge is 2.54. The fourth-order valence-corrected chi connectivity index (χ4v) is 1.93. The van der Waals surface area contributed by atoms with Gasteiger partial charge in [0.1, 0.15) is 5.54 Å². The Balaban J connectivity index is 2.75. The van der Waals surface area contributed by atoms with Gasteiger partial charge in [-0.25, -0.2) is 0 Å². The van der Waals surface area contributed by atoms with Crippen molar-refractivity contribution >= 4 is 5.97 Å². The summed E-state index contributed by atoms with van der Waals surface area (Å²) < 4.78 is 42.2. The van der Waals surface area contributed by atoms with Crippen molar-refractivity contribution in [3.63, 3.8) is 0 Å². The highest BCUT2D eigenvalue weighted by atomic mass is 19.4. The number of rotatable bonds is 1. The molecule has 88 valence electrons. The maximum absolute atomic E-state index is 12.6. The second-order valence-electron chi connectivity index (χ2n) is 3.97. The predicted octanol–water partition coefficient (Wildman–Crippen LogP) is 1.61. The van der Waals surface area contributed by atoms with Crippen LogP contribution in [0.5, 0.6) is 0 Å². The summed E-state index contributed by atoms with van der Waals surface area (Å²) in [6, 6.07) is 0. The normalized spacial score (nSPS) is 32.5. The van der Waals surface area contributed by atoms with Gasteiger partial charge >= 0.3 is 12.1 Å². The summed E-state index contributed by atoms with van der Waals surface area (Å²) in [5, 5.41) is 0. The molecule has 0 amide bonds. The number of carbonyl (C=O) groups excluding carboxylic acids is 1. The number of hydrogen-bond acceptors (Lipinski definition) is 3. The van der Waals surface area contributed by atoms with E-state index in [4.69, 9.17) is 5.73 Å². The van der Waals surface area contributed by atoms with Gasteiger partial charge in [0.2, 0.25) is 0 Å². The molecule has 0 aliphatic heterocycles. The Hall–Kier alpha value is -0.780. The van der Waals surface area contributed by atoms with Gasteiger partial charge in [-0.1, -0.05) is 6.42 Å². The van der Waals surface area contributed by atoms with Crippen LogP contribution in [0.4, 0.5) is 13.2 Å². The lowest BCUT2D eigenvalue weighted by atomic mass is 9.76. The van der Waals surface area contributed by atoms with Gasteiger partial charge in [-0.3, -0.25) is 4.79 Å². The van der Waals surface area contributed by atoms with Crippen LogP contribution in [0, 0.1) is 5.92 Å². The molecule has 15 heavy (non-hydrogen) atoms. The molecular weight excluding hydrogens is 211 g/mol. The van der Waals surface area contributed by atoms with Crippen molar-refractivity contribution in [2.75, 3.05) is 7.11 Å². The molecule has 2 atom stereocenters. The average molecular weight is 225 g/mol. The summed E-state index contributed by atoms with van der Waals surface area (Å²) in [7, 11) is 1.17. The molecule has 1 fully saturated rings. The van der Waals surface area contributed by atoms with E-state index in [1.807, 2.05) is 0 Å². The Labute approximate surface area is 85.8 Å². The lowest BCUT2D eigenvalue weighted by Gasteiger charge is -2.38. The second-order valence-corrected chi connectivity index (χ2v) is 3.97. The highest BCUT2D eigenvalue weighted by Crippen LogP contribution is 2.41. The molecule has 1 rings (SSSR count). The first-order chi connectivity index (χ1) is 6.80. The predicted molar refractivity (Wildman–Crippen MR) is 46.9 cm³/mol. The average Bonchev–Trinajstić information content (AvgIpc) is 2.15. The van der Waals surface area contributed by atoms with E-state index in [-0.39, 0.29) is 12.8 Å². The maximum atomic E-state index is 12.6. The quantitative estimate of drug-likeness (QED) is 0.690. The molecule has 0 aromatic heterocycles. The molecule has 0 bridgehead atoms. The van der Waals surface area contributed by atoms with Crippen molar-refractivity contribution in [3.05, 3.63) is 0 Å². The largest absolute Gasteiger partial charge is 0.469 e. The fraction of sp³-hybridized carbons (Fsp3) is 0.889. The van der Waals surface area contributed by atoms with E-state index in [2.05, 4.69) is 4.74 Å². The Bertz CT molecular complexity index is 254. The SMILES string of the molecule is COC(=O)C1CCCC(N)(C(F)(F)F)C1. The van der Waals surface area contributed by atoms with Gasteiger partial charge in [-0.2, -0.15) is 13.2 Å². The lowest BCUT2D eigenvalue weighted by Crippen LogP contribution is -2.56. The van der Waals surface area contributed by atoms with Crippen LogP contribution in [0.3, 0.4) is 0 Å². The Kier molecular flexibility index (Phi) is 3.28.